The molecule has 90 valence electrons. The Bertz CT molecular complexity index is 650. The third-order valence-electron chi connectivity index (χ3n) is 3.00. The SMILES string of the molecule is CC(Br)Oc1c2ccccc2cc2ccccc12. The predicted molar refractivity (Wildman–Crippen MR) is 80.5 cm³/mol. The Balaban J connectivity index is 2.41. The van der Waals surface area contributed by atoms with Gasteiger partial charge >= 0.3 is 0 Å². The normalized spacial score (nSPS) is 12.8. The van der Waals surface area contributed by atoms with E-state index in [4.69, 9.17) is 4.74 Å². The standard InChI is InChI=1S/C16H13BrO/c1-11(17)18-16-14-8-4-2-6-12(14)10-13-7-3-5-9-15(13)16/h2-11H,1H3. The van der Waals surface area contributed by atoms with Gasteiger partial charge in [0.15, 0.2) is 5.01 Å². The van der Waals surface area contributed by atoms with Gasteiger partial charge in [0.05, 0.1) is 0 Å². The van der Waals surface area contributed by atoms with E-state index in [0.29, 0.717) is 0 Å². The maximum Gasteiger partial charge on any atom is 0.150 e. The van der Waals surface area contributed by atoms with Crippen molar-refractivity contribution in [3.63, 3.8) is 0 Å². The molecule has 0 saturated carbocycles. The molecule has 0 amide bonds. The number of hydrogen-bond acceptors (Lipinski definition) is 1. The third-order valence-corrected chi connectivity index (χ3v) is 3.19. The summed E-state index contributed by atoms with van der Waals surface area (Å²) in [6.07, 6.45) is 0. The van der Waals surface area contributed by atoms with Crippen molar-refractivity contribution in [2.75, 3.05) is 0 Å². The van der Waals surface area contributed by atoms with Crippen LogP contribution in [0, 0.1) is 0 Å². The summed E-state index contributed by atoms with van der Waals surface area (Å²) in [6, 6.07) is 18.8. The average Bonchev–Trinajstić information content (AvgIpc) is 2.38. The zero-order valence-corrected chi connectivity index (χ0v) is 11.6. The van der Waals surface area contributed by atoms with E-state index in [-0.39, 0.29) is 5.01 Å². The van der Waals surface area contributed by atoms with Gasteiger partial charge in [0.25, 0.3) is 0 Å². The van der Waals surface area contributed by atoms with Crippen LogP contribution in [0.3, 0.4) is 0 Å². The van der Waals surface area contributed by atoms with Crippen molar-refractivity contribution in [2.24, 2.45) is 0 Å². The highest BCUT2D eigenvalue weighted by molar-refractivity contribution is 9.09. The highest BCUT2D eigenvalue weighted by Crippen LogP contribution is 2.35. The van der Waals surface area contributed by atoms with Crippen LogP contribution in [0.25, 0.3) is 21.5 Å². The van der Waals surface area contributed by atoms with E-state index in [2.05, 4.69) is 58.4 Å². The maximum atomic E-state index is 5.96. The molecule has 3 aromatic carbocycles. The second kappa shape index (κ2) is 4.62. The smallest absolute Gasteiger partial charge is 0.150 e. The second-order valence-electron chi connectivity index (χ2n) is 4.31. The van der Waals surface area contributed by atoms with Crippen molar-refractivity contribution >= 4 is 37.5 Å². The molecule has 0 spiro atoms. The lowest BCUT2D eigenvalue weighted by molar-refractivity contribution is 0.321. The van der Waals surface area contributed by atoms with Gasteiger partial charge in [0.1, 0.15) is 5.75 Å². The third kappa shape index (κ3) is 1.97. The van der Waals surface area contributed by atoms with Gasteiger partial charge in [-0.1, -0.05) is 48.5 Å². The molecule has 3 rings (SSSR count). The van der Waals surface area contributed by atoms with E-state index in [9.17, 15) is 0 Å². The van der Waals surface area contributed by atoms with Crippen LogP contribution in [0.2, 0.25) is 0 Å². The first kappa shape index (κ1) is 11.5. The van der Waals surface area contributed by atoms with Gasteiger partial charge in [-0.25, -0.2) is 0 Å². The predicted octanol–water partition coefficient (Wildman–Crippen LogP) is 5.11. The Labute approximate surface area is 115 Å². The number of hydrogen-bond donors (Lipinski definition) is 0. The van der Waals surface area contributed by atoms with Crippen molar-refractivity contribution in [1.29, 1.82) is 0 Å². The molecule has 2 heteroatoms. The molecular weight excluding hydrogens is 288 g/mol. The van der Waals surface area contributed by atoms with E-state index in [1.54, 1.807) is 0 Å². The Morgan fingerprint density at radius 3 is 1.89 bits per heavy atom. The van der Waals surface area contributed by atoms with Crippen molar-refractivity contribution in [2.45, 2.75) is 11.9 Å². The summed E-state index contributed by atoms with van der Waals surface area (Å²) in [5.74, 6) is 0.952. The highest BCUT2D eigenvalue weighted by atomic mass is 79.9. The Hall–Kier alpha value is -1.54. The summed E-state index contributed by atoms with van der Waals surface area (Å²) in [5.41, 5.74) is 0. The molecule has 3 aromatic rings. The van der Waals surface area contributed by atoms with Crippen LogP contribution in [0.1, 0.15) is 6.92 Å². The first-order chi connectivity index (χ1) is 8.75. The van der Waals surface area contributed by atoms with Crippen LogP contribution < -0.4 is 4.74 Å². The van der Waals surface area contributed by atoms with Crippen molar-refractivity contribution < 1.29 is 4.74 Å². The lowest BCUT2D eigenvalue weighted by Crippen LogP contribution is -2.02. The molecule has 0 fully saturated rings. The number of ether oxygens (including phenoxy) is 1. The molecule has 0 saturated heterocycles. The number of benzene rings is 3. The van der Waals surface area contributed by atoms with Gasteiger partial charge < -0.3 is 4.74 Å². The lowest BCUT2D eigenvalue weighted by Gasteiger charge is -2.14. The molecule has 0 aliphatic heterocycles. The maximum absolute atomic E-state index is 5.96. The summed E-state index contributed by atoms with van der Waals surface area (Å²) < 4.78 is 5.96. The van der Waals surface area contributed by atoms with Gasteiger partial charge in [-0.05, 0) is 39.7 Å². The van der Waals surface area contributed by atoms with Crippen LogP contribution in [-0.4, -0.2) is 5.01 Å². The van der Waals surface area contributed by atoms with Gasteiger partial charge in [-0.3, -0.25) is 0 Å². The number of alkyl halides is 1. The quantitative estimate of drug-likeness (QED) is 0.472. The molecule has 1 nitrogen and oxygen atoms in total. The van der Waals surface area contributed by atoms with E-state index < -0.39 is 0 Å². The minimum atomic E-state index is -0.00767. The largest absolute Gasteiger partial charge is 0.478 e. The molecule has 0 aromatic heterocycles. The van der Waals surface area contributed by atoms with E-state index in [1.165, 1.54) is 10.8 Å². The van der Waals surface area contributed by atoms with Gasteiger partial charge in [0, 0.05) is 10.8 Å². The summed E-state index contributed by atoms with van der Waals surface area (Å²) in [7, 11) is 0. The highest BCUT2D eigenvalue weighted by Gasteiger charge is 2.09. The lowest BCUT2D eigenvalue weighted by atomic mass is 10.0. The van der Waals surface area contributed by atoms with E-state index in [1.807, 2.05) is 19.1 Å². The first-order valence-corrected chi connectivity index (χ1v) is 6.88. The molecule has 1 unspecified atom stereocenters. The van der Waals surface area contributed by atoms with Gasteiger partial charge in [0.2, 0.25) is 0 Å². The monoisotopic (exact) mass is 300 g/mol. The van der Waals surface area contributed by atoms with Crippen LogP contribution in [0.15, 0.2) is 54.6 Å². The van der Waals surface area contributed by atoms with Gasteiger partial charge in [-0.15, -0.1) is 0 Å². The minimum Gasteiger partial charge on any atom is -0.478 e. The summed E-state index contributed by atoms with van der Waals surface area (Å²) >= 11 is 3.46. The number of rotatable bonds is 2. The average molecular weight is 301 g/mol. The summed E-state index contributed by atoms with van der Waals surface area (Å²) in [4.78, 5) is 0. The Kier molecular flexibility index (Phi) is 2.96. The summed E-state index contributed by atoms with van der Waals surface area (Å²) in [5, 5.41) is 4.72. The molecule has 1 atom stereocenters. The molecule has 0 heterocycles. The molecule has 0 bridgehead atoms. The molecule has 0 N–H and O–H groups in total. The minimum absolute atomic E-state index is 0.00767. The summed E-state index contributed by atoms with van der Waals surface area (Å²) in [6.45, 7) is 1.98. The first-order valence-electron chi connectivity index (χ1n) is 5.97. The second-order valence-corrected chi connectivity index (χ2v) is 5.60. The van der Waals surface area contributed by atoms with Crippen molar-refractivity contribution in [1.82, 2.24) is 0 Å². The zero-order valence-electron chi connectivity index (χ0n) is 10.1. The van der Waals surface area contributed by atoms with Crippen molar-refractivity contribution in [3.05, 3.63) is 54.6 Å². The van der Waals surface area contributed by atoms with E-state index >= 15 is 0 Å². The van der Waals surface area contributed by atoms with Gasteiger partial charge in [-0.2, -0.15) is 0 Å². The Morgan fingerprint density at radius 2 is 1.39 bits per heavy atom. The number of fused-ring (bicyclic) bond motifs is 2. The molecule has 0 aliphatic rings. The van der Waals surface area contributed by atoms with Crippen LogP contribution in [-0.2, 0) is 0 Å². The van der Waals surface area contributed by atoms with E-state index in [0.717, 1.165) is 16.5 Å². The molecule has 0 aliphatic carbocycles. The topological polar surface area (TPSA) is 9.23 Å². The molecular formula is C16H13BrO. The van der Waals surface area contributed by atoms with Crippen LogP contribution in [0.5, 0.6) is 5.75 Å². The fourth-order valence-corrected chi connectivity index (χ4v) is 2.45. The fraction of sp³-hybridized carbons (Fsp3) is 0.125. The van der Waals surface area contributed by atoms with Crippen LogP contribution in [0.4, 0.5) is 0 Å². The van der Waals surface area contributed by atoms with Crippen molar-refractivity contribution in [3.8, 4) is 5.75 Å². The number of halogens is 1. The fourth-order valence-electron chi connectivity index (χ4n) is 2.26. The van der Waals surface area contributed by atoms with Crippen LogP contribution >= 0.6 is 15.9 Å². The Morgan fingerprint density at radius 1 is 0.889 bits per heavy atom. The zero-order chi connectivity index (χ0) is 12.5. The molecule has 0 radical (unpaired) electrons. The molecule has 18 heavy (non-hydrogen) atoms.